The predicted octanol–water partition coefficient (Wildman–Crippen LogP) is 3.16. The number of amides is 4. The van der Waals surface area contributed by atoms with E-state index < -0.39 is 6.04 Å². The number of urea groups is 2. The number of anilines is 1. The number of likely N-dealkylation sites (tertiary alicyclic amines) is 1. The topological polar surface area (TPSA) is 102 Å². The molecule has 0 spiro atoms. The van der Waals surface area contributed by atoms with Crippen LogP contribution in [0.2, 0.25) is 0 Å². The standard InChI is InChI=1S/C25H30N4O4/c1-17(30)23(16-18-6-8-21(31)9-7-18)27-24(32)28-13-11-20(12-14-28)29-15-10-19-4-2-3-5-22(19)26-25(29)33/h2-9,20,23,31H,10-16H2,1H3,(H,26,33)(H,27,32)/t23-/m1/s1. The number of carbonyl (C=O) groups is 3. The van der Waals surface area contributed by atoms with E-state index in [0.717, 1.165) is 23.2 Å². The van der Waals surface area contributed by atoms with Gasteiger partial charge >= 0.3 is 12.1 Å². The second-order valence-corrected chi connectivity index (χ2v) is 8.73. The Hall–Kier alpha value is -3.55. The zero-order valence-electron chi connectivity index (χ0n) is 18.8. The first-order valence-electron chi connectivity index (χ1n) is 11.4. The van der Waals surface area contributed by atoms with Gasteiger partial charge in [0.2, 0.25) is 0 Å². The van der Waals surface area contributed by atoms with Gasteiger partial charge < -0.3 is 25.5 Å². The fraction of sp³-hybridized carbons (Fsp3) is 0.400. The van der Waals surface area contributed by atoms with Crippen molar-refractivity contribution < 1.29 is 19.5 Å². The van der Waals surface area contributed by atoms with Crippen LogP contribution in [0.4, 0.5) is 15.3 Å². The summed E-state index contributed by atoms with van der Waals surface area (Å²) >= 11 is 0. The normalized spacial score (nSPS) is 17.5. The van der Waals surface area contributed by atoms with Crippen LogP contribution in [0, 0.1) is 0 Å². The lowest BCUT2D eigenvalue weighted by atomic mass is 10.0. The summed E-state index contributed by atoms with van der Waals surface area (Å²) in [6.07, 6.45) is 2.55. The van der Waals surface area contributed by atoms with E-state index in [9.17, 15) is 19.5 Å². The summed E-state index contributed by atoms with van der Waals surface area (Å²) in [5, 5.41) is 15.3. The van der Waals surface area contributed by atoms with Gasteiger partial charge in [0.15, 0.2) is 5.78 Å². The van der Waals surface area contributed by atoms with E-state index in [4.69, 9.17) is 0 Å². The van der Waals surface area contributed by atoms with Crippen molar-refractivity contribution in [2.24, 2.45) is 0 Å². The van der Waals surface area contributed by atoms with Crippen LogP contribution in [-0.4, -0.2) is 64.5 Å². The zero-order valence-corrected chi connectivity index (χ0v) is 18.8. The van der Waals surface area contributed by atoms with Gasteiger partial charge in [-0.3, -0.25) is 4.79 Å². The van der Waals surface area contributed by atoms with Gasteiger partial charge in [-0.25, -0.2) is 9.59 Å². The molecule has 33 heavy (non-hydrogen) atoms. The molecule has 0 radical (unpaired) electrons. The third-order valence-corrected chi connectivity index (χ3v) is 6.50. The van der Waals surface area contributed by atoms with Crippen molar-refractivity contribution in [1.82, 2.24) is 15.1 Å². The van der Waals surface area contributed by atoms with Crippen LogP contribution in [0.3, 0.4) is 0 Å². The van der Waals surface area contributed by atoms with Gasteiger partial charge in [0.05, 0.1) is 6.04 Å². The molecule has 1 fully saturated rings. The summed E-state index contributed by atoms with van der Waals surface area (Å²) in [5.74, 6) is 0.0408. The lowest BCUT2D eigenvalue weighted by Gasteiger charge is -2.38. The number of benzene rings is 2. The van der Waals surface area contributed by atoms with Crippen molar-refractivity contribution in [2.75, 3.05) is 25.0 Å². The van der Waals surface area contributed by atoms with Gasteiger partial charge in [-0.05, 0) is 61.9 Å². The van der Waals surface area contributed by atoms with Crippen LogP contribution < -0.4 is 10.6 Å². The molecule has 0 aromatic heterocycles. The maximum atomic E-state index is 12.8. The Morgan fingerprint density at radius 3 is 2.48 bits per heavy atom. The lowest BCUT2D eigenvalue weighted by Crippen LogP contribution is -2.54. The van der Waals surface area contributed by atoms with E-state index in [2.05, 4.69) is 10.6 Å². The SMILES string of the molecule is CC(=O)[C@@H](Cc1ccc(O)cc1)NC(=O)N1CCC(N2CCc3ccccc3NC2=O)CC1. The average molecular weight is 451 g/mol. The Labute approximate surface area is 193 Å². The maximum Gasteiger partial charge on any atom is 0.322 e. The van der Waals surface area contributed by atoms with E-state index in [0.29, 0.717) is 38.9 Å². The number of fused-ring (bicyclic) bond motifs is 1. The van der Waals surface area contributed by atoms with E-state index >= 15 is 0 Å². The number of nitrogens with zero attached hydrogens (tertiary/aromatic N) is 2. The molecule has 4 amide bonds. The van der Waals surface area contributed by atoms with Crippen molar-refractivity contribution in [2.45, 2.75) is 44.7 Å². The van der Waals surface area contributed by atoms with Crippen molar-refractivity contribution in [3.05, 3.63) is 59.7 Å². The van der Waals surface area contributed by atoms with Gasteiger partial charge in [0, 0.05) is 31.4 Å². The highest BCUT2D eigenvalue weighted by Gasteiger charge is 2.32. The van der Waals surface area contributed by atoms with Crippen LogP contribution in [0.5, 0.6) is 5.75 Å². The number of nitrogens with one attached hydrogen (secondary N) is 2. The van der Waals surface area contributed by atoms with Gasteiger partial charge in [0.25, 0.3) is 0 Å². The molecule has 2 heterocycles. The summed E-state index contributed by atoms with van der Waals surface area (Å²) in [7, 11) is 0. The van der Waals surface area contributed by atoms with Gasteiger partial charge in [-0.1, -0.05) is 30.3 Å². The largest absolute Gasteiger partial charge is 0.508 e. The zero-order chi connectivity index (χ0) is 23.4. The van der Waals surface area contributed by atoms with Gasteiger partial charge in [-0.2, -0.15) is 0 Å². The van der Waals surface area contributed by atoms with Gasteiger partial charge in [-0.15, -0.1) is 0 Å². The molecule has 8 nitrogen and oxygen atoms in total. The fourth-order valence-corrected chi connectivity index (χ4v) is 4.52. The Bertz CT molecular complexity index is 1020. The smallest absolute Gasteiger partial charge is 0.322 e. The minimum Gasteiger partial charge on any atom is -0.508 e. The lowest BCUT2D eigenvalue weighted by molar-refractivity contribution is -0.118. The first kappa shape index (κ1) is 22.6. The number of para-hydroxylation sites is 1. The predicted molar refractivity (Wildman–Crippen MR) is 125 cm³/mol. The number of piperidine rings is 1. The van der Waals surface area contributed by atoms with Crippen LogP contribution in [0.1, 0.15) is 30.9 Å². The number of Topliss-reactive ketones (excluding diaryl/α,β-unsaturated/α-hetero) is 1. The van der Waals surface area contributed by atoms with E-state index in [-0.39, 0.29) is 29.6 Å². The van der Waals surface area contributed by atoms with Crippen LogP contribution in [0.15, 0.2) is 48.5 Å². The third-order valence-electron chi connectivity index (χ3n) is 6.50. The molecule has 3 N–H and O–H groups in total. The molecule has 0 unspecified atom stereocenters. The highest BCUT2D eigenvalue weighted by atomic mass is 16.3. The third kappa shape index (κ3) is 5.45. The summed E-state index contributed by atoms with van der Waals surface area (Å²) in [6.45, 7) is 3.17. The van der Waals surface area contributed by atoms with Crippen molar-refractivity contribution in [1.29, 1.82) is 0 Å². The molecule has 0 saturated carbocycles. The molecule has 1 atom stereocenters. The number of hydrogen-bond donors (Lipinski definition) is 3. The van der Waals surface area contributed by atoms with Crippen LogP contribution in [0.25, 0.3) is 0 Å². The number of ketones is 1. The summed E-state index contributed by atoms with van der Waals surface area (Å²) in [6, 6.07) is 13.6. The quantitative estimate of drug-likeness (QED) is 0.651. The van der Waals surface area contributed by atoms with E-state index in [1.807, 2.05) is 29.2 Å². The maximum absolute atomic E-state index is 12.8. The number of carbonyl (C=O) groups excluding carboxylic acids is 3. The van der Waals surface area contributed by atoms with Gasteiger partial charge in [0.1, 0.15) is 5.75 Å². The van der Waals surface area contributed by atoms with Crippen LogP contribution in [-0.2, 0) is 17.6 Å². The van der Waals surface area contributed by atoms with Crippen LogP contribution >= 0.6 is 0 Å². The molecule has 0 bridgehead atoms. The number of phenolic OH excluding ortho intramolecular Hbond substituents is 1. The Morgan fingerprint density at radius 1 is 1.09 bits per heavy atom. The molecule has 8 heteroatoms. The molecule has 174 valence electrons. The number of aromatic hydroxyl groups is 1. The van der Waals surface area contributed by atoms with E-state index in [1.54, 1.807) is 29.2 Å². The monoisotopic (exact) mass is 450 g/mol. The summed E-state index contributed by atoms with van der Waals surface area (Å²) < 4.78 is 0. The second kappa shape index (κ2) is 9.94. The molecule has 2 aliphatic heterocycles. The Kier molecular flexibility index (Phi) is 6.82. The van der Waals surface area contributed by atoms with Crippen molar-refractivity contribution >= 4 is 23.5 Å². The number of phenols is 1. The van der Waals surface area contributed by atoms with Crippen molar-refractivity contribution in [3.63, 3.8) is 0 Å². The molecular weight excluding hydrogens is 420 g/mol. The molecule has 1 saturated heterocycles. The fourth-order valence-electron chi connectivity index (χ4n) is 4.52. The highest BCUT2D eigenvalue weighted by molar-refractivity contribution is 5.91. The second-order valence-electron chi connectivity index (χ2n) is 8.73. The van der Waals surface area contributed by atoms with E-state index in [1.165, 1.54) is 6.92 Å². The molecule has 2 aromatic rings. The Balaban J connectivity index is 1.31. The molecule has 2 aliphatic rings. The minimum atomic E-state index is -0.630. The number of rotatable bonds is 5. The molecule has 2 aromatic carbocycles. The summed E-state index contributed by atoms with van der Waals surface area (Å²) in [5.41, 5.74) is 2.86. The van der Waals surface area contributed by atoms with Crippen molar-refractivity contribution in [3.8, 4) is 5.75 Å². The highest BCUT2D eigenvalue weighted by Crippen LogP contribution is 2.24. The molecule has 0 aliphatic carbocycles. The Morgan fingerprint density at radius 2 is 1.79 bits per heavy atom. The molecular formula is C25H30N4O4. The first-order chi connectivity index (χ1) is 15.9. The minimum absolute atomic E-state index is 0.0731. The molecule has 4 rings (SSSR count). The number of hydrogen-bond acceptors (Lipinski definition) is 4. The average Bonchev–Trinajstić information content (AvgIpc) is 2.98. The first-order valence-corrected chi connectivity index (χ1v) is 11.4. The summed E-state index contributed by atoms with van der Waals surface area (Å²) in [4.78, 5) is 41.3.